The summed E-state index contributed by atoms with van der Waals surface area (Å²) in [5, 5.41) is 22.6. The number of nitrogens with one attached hydrogen (secondary N) is 2. The summed E-state index contributed by atoms with van der Waals surface area (Å²) < 4.78 is 3.47. The van der Waals surface area contributed by atoms with E-state index in [0.717, 1.165) is 33.7 Å². The molecule has 0 fully saturated rings. The number of anilines is 1. The van der Waals surface area contributed by atoms with E-state index >= 15 is 0 Å². The Labute approximate surface area is 131 Å². The van der Waals surface area contributed by atoms with Crippen molar-refractivity contribution >= 4 is 16.7 Å². The third-order valence-electron chi connectivity index (χ3n) is 3.62. The van der Waals surface area contributed by atoms with E-state index in [4.69, 9.17) is 0 Å². The number of nitrogens with zero attached hydrogens (tertiary/aromatic N) is 7. The summed E-state index contributed by atoms with van der Waals surface area (Å²) >= 11 is 0. The highest BCUT2D eigenvalue weighted by Crippen LogP contribution is 2.26. The molecule has 0 aromatic carbocycles. The van der Waals surface area contributed by atoms with Gasteiger partial charge in [0.1, 0.15) is 16.7 Å². The number of H-pyrrole nitrogens is 1. The van der Waals surface area contributed by atoms with Crippen LogP contribution in [-0.2, 0) is 20.6 Å². The first-order valence-electron chi connectivity index (χ1n) is 7.11. The molecule has 0 saturated carbocycles. The van der Waals surface area contributed by atoms with Crippen molar-refractivity contribution in [2.24, 2.45) is 14.1 Å². The standard InChI is InChI=1S/C14H15N9/c1-22-8-9(5-18-22)4-15-11-3-10(13-7-17-21-23(13)2)19-12-6-16-20-14(11)12/h3,5-8H,4H2,1-2H3,(H,15,19)(H,16,20). The van der Waals surface area contributed by atoms with E-state index in [-0.39, 0.29) is 0 Å². The van der Waals surface area contributed by atoms with Crippen LogP contribution < -0.4 is 5.32 Å². The zero-order chi connectivity index (χ0) is 15.8. The summed E-state index contributed by atoms with van der Waals surface area (Å²) in [5.74, 6) is 0. The second-order valence-electron chi connectivity index (χ2n) is 5.29. The number of hydrogen-bond donors (Lipinski definition) is 2. The van der Waals surface area contributed by atoms with Crippen LogP contribution in [0.3, 0.4) is 0 Å². The molecule has 0 aliphatic rings. The maximum Gasteiger partial charge on any atom is 0.134 e. The monoisotopic (exact) mass is 309 g/mol. The van der Waals surface area contributed by atoms with Crippen molar-refractivity contribution in [1.82, 2.24) is 40.0 Å². The number of fused-ring (bicyclic) bond motifs is 1. The first kappa shape index (κ1) is 13.4. The van der Waals surface area contributed by atoms with Gasteiger partial charge in [-0.05, 0) is 6.07 Å². The lowest BCUT2D eigenvalue weighted by molar-refractivity contribution is 0.719. The molecule has 0 bridgehead atoms. The van der Waals surface area contributed by atoms with Gasteiger partial charge in [-0.3, -0.25) is 9.78 Å². The van der Waals surface area contributed by atoms with Crippen LogP contribution >= 0.6 is 0 Å². The summed E-state index contributed by atoms with van der Waals surface area (Å²) in [7, 11) is 3.74. The van der Waals surface area contributed by atoms with Crippen LogP contribution in [-0.4, -0.2) is 40.0 Å². The molecular weight excluding hydrogens is 294 g/mol. The van der Waals surface area contributed by atoms with Crippen LogP contribution in [0.5, 0.6) is 0 Å². The molecule has 4 aromatic heterocycles. The Hall–Kier alpha value is -3.23. The molecular formula is C14H15N9. The summed E-state index contributed by atoms with van der Waals surface area (Å²) in [6.45, 7) is 0.656. The lowest BCUT2D eigenvalue weighted by Gasteiger charge is -2.08. The minimum absolute atomic E-state index is 0.656. The van der Waals surface area contributed by atoms with E-state index in [1.54, 1.807) is 21.8 Å². The predicted octanol–water partition coefficient (Wildman–Crippen LogP) is 1.10. The van der Waals surface area contributed by atoms with Gasteiger partial charge in [0, 0.05) is 38.6 Å². The molecule has 4 heterocycles. The smallest absolute Gasteiger partial charge is 0.134 e. The zero-order valence-corrected chi connectivity index (χ0v) is 12.7. The normalized spacial score (nSPS) is 11.2. The molecule has 9 heteroatoms. The van der Waals surface area contributed by atoms with E-state index in [9.17, 15) is 0 Å². The Morgan fingerprint density at radius 3 is 2.91 bits per heavy atom. The van der Waals surface area contributed by atoms with Crippen LogP contribution in [0.25, 0.3) is 22.4 Å². The van der Waals surface area contributed by atoms with E-state index in [0.29, 0.717) is 6.54 Å². The first-order valence-corrected chi connectivity index (χ1v) is 7.11. The maximum absolute atomic E-state index is 4.61. The number of hydrogen-bond acceptors (Lipinski definition) is 6. The predicted molar refractivity (Wildman–Crippen MR) is 84.4 cm³/mol. The molecule has 0 spiro atoms. The van der Waals surface area contributed by atoms with Gasteiger partial charge in [-0.15, -0.1) is 5.10 Å². The summed E-state index contributed by atoms with van der Waals surface area (Å²) in [4.78, 5) is 4.61. The molecule has 0 amide bonds. The lowest BCUT2D eigenvalue weighted by Crippen LogP contribution is -2.02. The molecule has 2 N–H and O–H groups in total. The fourth-order valence-corrected chi connectivity index (χ4v) is 2.48. The third kappa shape index (κ3) is 2.41. The van der Waals surface area contributed by atoms with E-state index < -0.39 is 0 Å². The van der Waals surface area contributed by atoms with Gasteiger partial charge in [-0.2, -0.15) is 10.2 Å². The molecule has 116 valence electrons. The Morgan fingerprint density at radius 1 is 1.26 bits per heavy atom. The van der Waals surface area contributed by atoms with Crippen LogP contribution in [0.4, 0.5) is 5.69 Å². The second kappa shape index (κ2) is 5.20. The van der Waals surface area contributed by atoms with Crippen LogP contribution in [0.15, 0.2) is 30.9 Å². The molecule has 0 unspecified atom stereocenters. The average Bonchev–Trinajstić information content (AvgIpc) is 3.25. The van der Waals surface area contributed by atoms with Crippen LogP contribution in [0.1, 0.15) is 5.56 Å². The minimum Gasteiger partial charge on any atom is -0.379 e. The van der Waals surface area contributed by atoms with E-state index in [1.807, 2.05) is 32.6 Å². The zero-order valence-electron chi connectivity index (χ0n) is 12.7. The highest BCUT2D eigenvalue weighted by molar-refractivity contribution is 5.89. The van der Waals surface area contributed by atoms with Gasteiger partial charge < -0.3 is 5.32 Å². The third-order valence-corrected chi connectivity index (χ3v) is 3.62. The number of rotatable bonds is 4. The first-order chi connectivity index (χ1) is 11.2. The molecule has 0 saturated heterocycles. The van der Waals surface area contributed by atoms with Gasteiger partial charge in [0.15, 0.2) is 0 Å². The Kier molecular flexibility index (Phi) is 3.04. The topological polar surface area (TPSA) is 102 Å². The van der Waals surface area contributed by atoms with Crippen LogP contribution in [0.2, 0.25) is 0 Å². The summed E-state index contributed by atoms with van der Waals surface area (Å²) in [6, 6.07) is 1.96. The molecule has 0 aliphatic carbocycles. The molecule has 4 aromatic rings. The molecule has 0 aliphatic heterocycles. The largest absolute Gasteiger partial charge is 0.379 e. The summed E-state index contributed by atoms with van der Waals surface area (Å²) in [6.07, 6.45) is 7.28. The molecule has 23 heavy (non-hydrogen) atoms. The van der Waals surface area contributed by atoms with Crippen molar-refractivity contribution in [2.75, 3.05) is 5.32 Å². The van der Waals surface area contributed by atoms with Crippen LogP contribution in [0, 0.1) is 0 Å². The maximum atomic E-state index is 4.61. The lowest BCUT2D eigenvalue weighted by atomic mass is 10.2. The molecule has 9 nitrogen and oxygen atoms in total. The highest BCUT2D eigenvalue weighted by Gasteiger charge is 2.12. The summed E-state index contributed by atoms with van der Waals surface area (Å²) in [5.41, 5.74) is 5.22. The van der Waals surface area contributed by atoms with Gasteiger partial charge >= 0.3 is 0 Å². The van der Waals surface area contributed by atoms with Gasteiger partial charge in [0.05, 0.1) is 23.8 Å². The van der Waals surface area contributed by atoms with Gasteiger partial charge in [0.25, 0.3) is 0 Å². The number of pyridine rings is 1. The molecule has 4 rings (SSSR count). The van der Waals surface area contributed by atoms with Crippen molar-refractivity contribution in [2.45, 2.75) is 6.54 Å². The van der Waals surface area contributed by atoms with E-state index in [2.05, 4.69) is 35.9 Å². The quantitative estimate of drug-likeness (QED) is 0.585. The van der Waals surface area contributed by atoms with Crippen molar-refractivity contribution in [3.05, 3.63) is 36.4 Å². The molecule has 0 radical (unpaired) electrons. The fraction of sp³-hybridized carbons (Fsp3) is 0.214. The van der Waals surface area contributed by atoms with E-state index in [1.165, 1.54) is 0 Å². The van der Waals surface area contributed by atoms with Crippen molar-refractivity contribution in [3.63, 3.8) is 0 Å². The Morgan fingerprint density at radius 2 is 2.17 bits per heavy atom. The SMILES string of the molecule is Cn1cc(CNc2cc(-c3cnnn3C)nc3c[nH]nc23)cn1. The minimum atomic E-state index is 0.656. The van der Waals surface area contributed by atoms with Gasteiger partial charge in [-0.25, -0.2) is 9.67 Å². The van der Waals surface area contributed by atoms with Crippen molar-refractivity contribution in [3.8, 4) is 11.4 Å². The number of aryl methyl sites for hydroxylation is 2. The highest BCUT2D eigenvalue weighted by atomic mass is 15.4. The number of aromatic amines is 1. The Balaban J connectivity index is 1.72. The molecule has 0 atom stereocenters. The van der Waals surface area contributed by atoms with Crippen molar-refractivity contribution in [1.29, 1.82) is 0 Å². The number of aromatic nitrogens is 8. The van der Waals surface area contributed by atoms with Crippen molar-refractivity contribution < 1.29 is 0 Å². The second-order valence-corrected chi connectivity index (χ2v) is 5.29. The Bertz CT molecular complexity index is 962. The van der Waals surface area contributed by atoms with Gasteiger partial charge in [-0.1, -0.05) is 5.21 Å². The fourth-order valence-electron chi connectivity index (χ4n) is 2.48. The van der Waals surface area contributed by atoms with Gasteiger partial charge in [0.2, 0.25) is 0 Å². The average molecular weight is 309 g/mol.